The Morgan fingerprint density at radius 1 is 1.00 bits per heavy atom. The second-order valence-electron chi connectivity index (χ2n) is 6.84. The van der Waals surface area contributed by atoms with Crippen LogP contribution in [0.5, 0.6) is 0 Å². The van der Waals surface area contributed by atoms with Gasteiger partial charge in [0.25, 0.3) is 0 Å². The smallest absolute Gasteiger partial charge is 0.151 e. The highest BCUT2D eigenvalue weighted by Crippen LogP contribution is 2.22. The molecule has 0 saturated heterocycles. The van der Waals surface area contributed by atoms with Crippen molar-refractivity contribution in [2.75, 3.05) is 0 Å². The van der Waals surface area contributed by atoms with E-state index in [1.807, 2.05) is 35.3 Å². The molecule has 0 N–H and O–H groups in total. The second-order valence-corrected chi connectivity index (χ2v) is 6.84. The van der Waals surface area contributed by atoms with Crippen LogP contribution in [-0.4, -0.2) is 24.7 Å². The van der Waals surface area contributed by atoms with Crippen molar-refractivity contribution in [3.8, 4) is 5.69 Å². The van der Waals surface area contributed by atoms with Gasteiger partial charge >= 0.3 is 0 Å². The molecule has 0 aliphatic rings. The standard InChI is InChI=1S/C21H21N5/c1-15(2)12-19-24-20(13-16-6-4-10-22-14-16)26(25-19)18-9-3-7-17-8-5-11-23-21(17)18/h3-11,14-15H,12-13H2,1-2H3. The van der Waals surface area contributed by atoms with E-state index in [1.54, 1.807) is 6.20 Å². The second kappa shape index (κ2) is 7.04. The zero-order valence-corrected chi connectivity index (χ0v) is 15.0. The molecule has 4 rings (SSSR count). The van der Waals surface area contributed by atoms with Crippen LogP contribution in [0.1, 0.15) is 31.1 Å². The first-order valence-electron chi connectivity index (χ1n) is 8.88. The minimum atomic E-state index is 0.503. The number of hydrogen-bond acceptors (Lipinski definition) is 4. The van der Waals surface area contributed by atoms with Gasteiger partial charge in [0.2, 0.25) is 0 Å². The molecule has 0 aliphatic carbocycles. The van der Waals surface area contributed by atoms with Gasteiger partial charge in [0.05, 0.1) is 11.2 Å². The summed E-state index contributed by atoms with van der Waals surface area (Å²) in [5.74, 6) is 2.28. The third kappa shape index (κ3) is 3.33. The van der Waals surface area contributed by atoms with Crippen molar-refractivity contribution >= 4 is 10.9 Å². The Kier molecular flexibility index (Phi) is 4.44. The molecule has 0 aliphatic heterocycles. The number of para-hydroxylation sites is 1. The highest BCUT2D eigenvalue weighted by Gasteiger charge is 2.15. The molecule has 26 heavy (non-hydrogen) atoms. The third-order valence-corrected chi connectivity index (χ3v) is 4.23. The Morgan fingerprint density at radius 3 is 2.65 bits per heavy atom. The van der Waals surface area contributed by atoms with Crippen LogP contribution in [-0.2, 0) is 12.8 Å². The Morgan fingerprint density at radius 2 is 1.85 bits per heavy atom. The van der Waals surface area contributed by atoms with E-state index in [2.05, 4.69) is 48.1 Å². The Labute approximate surface area is 152 Å². The quantitative estimate of drug-likeness (QED) is 0.549. The number of hydrogen-bond donors (Lipinski definition) is 0. The topological polar surface area (TPSA) is 56.5 Å². The van der Waals surface area contributed by atoms with Gasteiger partial charge in [-0.1, -0.05) is 38.1 Å². The van der Waals surface area contributed by atoms with E-state index in [9.17, 15) is 0 Å². The summed E-state index contributed by atoms with van der Waals surface area (Å²) in [5.41, 5.74) is 3.01. The predicted molar refractivity (Wildman–Crippen MR) is 102 cm³/mol. The number of benzene rings is 1. The molecule has 4 aromatic rings. The summed E-state index contributed by atoms with van der Waals surface area (Å²) in [6.45, 7) is 4.36. The van der Waals surface area contributed by atoms with Crippen LogP contribution in [0.2, 0.25) is 0 Å². The molecule has 0 radical (unpaired) electrons. The number of aromatic nitrogens is 5. The molecular weight excluding hydrogens is 322 g/mol. The van der Waals surface area contributed by atoms with E-state index in [0.717, 1.165) is 40.2 Å². The predicted octanol–water partition coefficient (Wildman–Crippen LogP) is 4.00. The normalized spacial score (nSPS) is 11.3. The zero-order chi connectivity index (χ0) is 17.9. The molecule has 0 bridgehead atoms. The van der Waals surface area contributed by atoms with Crippen molar-refractivity contribution in [1.82, 2.24) is 24.7 Å². The lowest BCUT2D eigenvalue weighted by atomic mass is 10.1. The summed E-state index contributed by atoms with van der Waals surface area (Å²) < 4.78 is 1.94. The van der Waals surface area contributed by atoms with Gasteiger partial charge in [0.15, 0.2) is 5.82 Å². The van der Waals surface area contributed by atoms with Gasteiger partial charge in [-0.15, -0.1) is 0 Å². The molecule has 0 spiro atoms. The molecule has 1 aromatic carbocycles. The van der Waals surface area contributed by atoms with Crippen LogP contribution < -0.4 is 0 Å². The average molecular weight is 343 g/mol. The molecule has 3 heterocycles. The average Bonchev–Trinajstić information content (AvgIpc) is 3.03. The van der Waals surface area contributed by atoms with Crippen molar-refractivity contribution < 1.29 is 0 Å². The maximum absolute atomic E-state index is 4.83. The van der Waals surface area contributed by atoms with Gasteiger partial charge in [-0.25, -0.2) is 9.67 Å². The molecule has 5 nitrogen and oxygen atoms in total. The van der Waals surface area contributed by atoms with Crippen LogP contribution in [0.25, 0.3) is 16.6 Å². The van der Waals surface area contributed by atoms with E-state index >= 15 is 0 Å². The number of rotatable bonds is 5. The van der Waals surface area contributed by atoms with E-state index in [4.69, 9.17) is 10.1 Å². The SMILES string of the molecule is CC(C)Cc1nc(Cc2cccnc2)n(-c2cccc3cccnc23)n1. The number of fused-ring (bicyclic) bond motifs is 1. The molecule has 0 atom stereocenters. The summed E-state index contributed by atoms with van der Waals surface area (Å²) >= 11 is 0. The molecule has 0 amide bonds. The molecular formula is C21H21N5. The van der Waals surface area contributed by atoms with Crippen LogP contribution in [0.15, 0.2) is 61.1 Å². The molecule has 0 unspecified atom stereocenters. The van der Waals surface area contributed by atoms with Gasteiger partial charge in [-0.3, -0.25) is 9.97 Å². The fourth-order valence-corrected chi connectivity index (χ4v) is 3.10. The summed E-state index contributed by atoms with van der Waals surface area (Å²) in [7, 11) is 0. The summed E-state index contributed by atoms with van der Waals surface area (Å²) in [6, 6.07) is 14.2. The maximum Gasteiger partial charge on any atom is 0.151 e. The minimum absolute atomic E-state index is 0.503. The summed E-state index contributed by atoms with van der Waals surface area (Å²) in [5, 5.41) is 5.91. The Balaban J connectivity index is 1.84. The first-order valence-corrected chi connectivity index (χ1v) is 8.88. The lowest BCUT2D eigenvalue weighted by Crippen LogP contribution is -2.05. The van der Waals surface area contributed by atoms with E-state index in [-0.39, 0.29) is 0 Å². The van der Waals surface area contributed by atoms with Crippen molar-refractivity contribution in [3.05, 3.63) is 78.3 Å². The van der Waals surface area contributed by atoms with Crippen molar-refractivity contribution in [3.63, 3.8) is 0 Å². The third-order valence-electron chi connectivity index (χ3n) is 4.23. The van der Waals surface area contributed by atoms with Crippen LogP contribution in [0.3, 0.4) is 0 Å². The van der Waals surface area contributed by atoms with Crippen molar-refractivity contribution in [2.24, 2.45) is 5.92 Å². The van der Waals surface area contributed by atoms with Crippen molar-refractivity contribution in [2.45, 2.75) is 26.7 Å². The summed E-state index contributed by atoms with van der Waals surface area (Å²) in [4.78, 5) is 13.6. The van der Waals surface area contributed by atoms with Gasteiger partial charge in [-0.05, 0) is 29.7 Å². The monoisotopic (exact) mass is 343 g/mol. The maximum atomic E-state index is 4.83. The highest BCUT2D eigenvalue weighted by atomic mass is 15.4. The van der Waals surface area contributed by atoms with E-state index in [1.165, 1.54) is 0 Å². The molecule has 130 valence electrons. The zero-order valence-electron chi connectivity index (χ0n) is 15.0. The van der Waals surface area contributed by atoms with E-state index < -0.39 is 0 Å². The van der Waals surface area contributed by atoms with Crippen LogP contribution >= 0.6 is 0 Å². The molecule has 3 aromatic heterocycles. The van der Waals surface area contributed by atoms with Gasteiger partial charge < -0.3 is 0 Å². The Hall–Kier alpha value is -3.08. The van der Waals surface area contributed by atoms with Gasteiger partial charge in [0.1, 0.15) is 5.82 Å². The van der Waals surface area contributed by atoms with Crippen LogP contribution in [0.4, 0.5) is 0 Å². The van der Waals surface area contributed by atoms with Crippen LogP contribution in [0, 0.1) is 5.92 Å². The fourth-order valence-electron chi connectivity index (χ4n) is 3.10. The first kappa shape index (κ1) is 16.4. The largest absolute Gasteiger partial charge is 0.264 e. The van der Waals surface area contributed by atoms with E-state index in [0.29, 0.717) is 12.3 Å². The highest BCUT2D eigenvalue weighted by molar-refractivity contribution is 5.86. The lowest BCUT2D eigenvalue weighted by Gasteiger charge is -2.08. The van der Waals surface area contributed by atoms with Gasteiger partial charge in [-0.2, -0.15) is 5.10 Å². The number of nitrogens with zero attached hydrogens (tertiary/aromatic N) is 5. The lowest BCUT2D eigenvalue weighted by molar-refractivity contribution is 0.619. The summed E-state index contributed by atoms with van der Waals surface area (Å²) in [6.07, 6.45) is 7.02. The number of pyridine rings is 2. The molecule has 5 heteroatoms. The van der Waals surface area contributed by atoms with Gasteiger partial charge in [0, 0.05) is 36.8 Å². The van der Waals surface area contributed by atoms with Crippen molar-refractivity contribution in [1.29, 1.82) is 0 Å². The molecule has 0 saturated carbocycles. The minimum Gasteiger partial charge on any atom is -0.264 e. The molecule has 0 fully saturated rings. The Bertz CT molecular complexity index is 1020. The fraction of sp³-hybridized carbons (Fsp3) is 0.238. The first-order chi connectivity index (χ1) is 12.7.